The molecule has 0 atom stereocenters. The number of benzene rings is 1. The largest absolute Gasteiger partial charge is 0.495 e. The van der Waals surface area contributed by atoms with E-state index in [0.717, 1.165) is 18.4 Å². The van der Waals surface area contributed by atoms with E-state index in [-0.39, 0.29) is 16.9 Å². The van der Waals surface area contributed by atoms with Crippen molar-refractivity contribution in [2.45, 2.75) is 44.6 Å². The zero-order valence-electron chi connectivity index (χ0n) is 13.1. The van der Waals surface area contributed by atoms with E-state index >= 15 is 0 Å². The molecule has 0 aliphatic heterocycles. The number of sulfonamides is 1. The number of hydrogen-bond acceptors (Lipinski definition) is 4. The molecule has 0 unspecified atom stereocenters. The van der Waals surface area contributed by atoms with Crippen LogP contribution in [0.5, 0.6) is 5.75 Å². The number of nitrogens with zero attached hydrogens (tertiary/aromatic N) is 1. The van der Waals surface area contributed by atoms with E-state index in [1.165, 1.54) is 13.2 Å². The molecular formula is C15H24N2O3S. The number of ether oxygens (including phenoxy) is 1. The number of aryl methyl sites for hydroxylation is 1. The van der Waals surface area contributed by atoms with Gasteiger partial charge in [-0.05, 0) is 43.4 Å². The van der Waals surface area contributed by atoms with Crippen molar-refractivity contribution in [1.29, 1.82) is 0 Å². The van der Waals surface area contributed by atoms with Crippen molar-refractivity contribution in [3.05, 3.63) is 17.7 Å². The second-order valence-electron chi connectivity index (χ2n) is 6.06. The molecule has 0 heterocycles. The van der Waals surface area contributed by atoms with Crippen LogP contribution in [0.1, 0.15) is 32.3 Å². The first kappa shape index (κ1) is 16.1. The molecule has 0 saturated heterocycles. The van der Waals surface area contributed by atoms with Gasteiger partial charge in [0, 0.05) is 18.3 Å². The van der Waals surface area contributed by atoms with Crippen molar-refractivity contribution in [1.82, 2.24) is 4.31 Å². The smallest absolute Gasteiger partial charge is 0.247 e. The number of rotatable bonds is 6. The minimum absolute atomic E-state index is 0.115. The number of nitrogens with two attached hydrogens (primary N) is 1. The first-order valence-electron chi connectivity index (χ1n) is 7.23. The molecule has 118 valence electrons. The normalized spacial score (nSPS) is 15.7. The average Bonchev–Trinajstić information content (AvgIpc) is 3.22. The molecule has 2 N–H and O–H groups in total. The molecule has 0 radical (unpaired) electrons. The van der Waals surface area contributed by atoms with E-state index in [2.05, 4.69) is 0 Å². The van der Waals surface area contributed by atoms with Gasteiger partial charge >= 0.3 is 0 Å². The van der Waals surface area contributed by atoms with Gasteiger partial charge in [0.15, 0.2) is 0 Å². The van der Waals surface area contributed by atoms with Gasteiger partial charge in [0.05, 0.1) is 7.11 Å². The van der Waals surface area contributed by atoms with E-state index in [0.29, 0.717) is 18.0 Å². The summed E-state index contributed by atoms with van der Waals surface area (Å²) in [4.78, 5) is 0.167. The van der Waals surface area contributed by atoms with Gasteiger partial charge in [-0.1, -0.05) is 13.8 Å². The summed E-state index contributed by atoms with van der Waals surface area (Å²) < 4.78 is 32.8. The molecule has 0 aromatic heterocycles. The van der Waals surface area contributed by atoms with Crippen LogP contribution in [-0.4, -0.2) is 32.4 Å². The highest BCUT2D eigenvalue weighted by atomic mass is 32.2. The maximum atomic E-state index is 13.0. The van der Waals surface area contributed by atoms with Crippen LogP contribution >= 0.6 is 0 Å². The molecule has 0 spiro atoms. The number of anilines is 1. The van der Waals surface area contributed by atoms with Crippen molar-refractivity contribution < 1.29 is 13.2 Å². The van der Waals surface area contributed by atoms with Gasteiger partial charge in [-0.2, -0.15) is 4.31 Å². The van der Waals surface area contributed by atoms with E-state index in [4.69, 9.17) is 10.5 Å². The van der Waals surface area contributed by atoms with Gasteiger partial charge < -0.3 is 10.5 Å². The minimum Gasteiger partial charge on any atom is -0.495 e. The highest BCUT2D eigenvalue weighted by molar-refractivity contribution is 7.89. The molecule has 2 rings (SSSR count). The summed E-state index contributed by atoms with van der Waals surface area (Å²) in [5.41, 5.74) is 7.18. The molecule has 1 aromatic rings. The maximum absolute atomic E-state index is 13.0. The van der Waals surface area contributed by atoms with Crippen LogP contribution in [0.2, 0.25) is 0 Å². The fourth-order valence-electron chi connectivity index (χ4n) is 2.33. The molecule has 1 saturated carbocycles. The molecule has 0 bridgehead atoms. The van der Waals surface area contributed by atoms with Crippen LogP contribution in [0.15, 0.2) is 17.0 Å². The fourth-order valence-corrected chi connectivity index (χ4v) is 4.35. The average molecular weight is 312 g/mol. The maximum Gasteiger partial charge on any atom is 0.247 e. The summed E-state index contributed by atoms with van der Waals surface area (Å²) in [7, 11) is -2.11. The zero-order chi connectivity index (χ0) is 15.8. The third-order valence-corrected chi connectivity index (χ3v) is 5.58. The van der Waals surface area contributed by atoms with E-state index in [1.807, 2.05) is 20.8 Å². The second-order valence-corrected chi connectivity index (χ2v) is 7.92. The van der Waals surface area contributed by atoms with Crippen LogP contribution < -0.4 is 10.5 Å². The number of hydrogen-bond donors (Lipinski definition) is 1. The Morgan fingerprint density at radius 1 is 1.38 bits per heavy atom. The van der Waals surface area contributed by atoms with Crippen LogP contribution in [0, 0.1) is 12.8 Å². The molecule has 0 amide bonds. The lowest BCUT2D eigenvalue weighted by atomic mass is 10.2. The van der Waals surface area contributed by atoms with Gasteiger partial charge in [-0.3, -0.25) is 0 Å². The highest BCUT2D eigenvalue weighted by Gasteiger charge is 2.39. The zero-order valence-corrected chi connectivity index (χ0v) is 13.9. The number of methoxy groups -OCH3 is 1. The van der Waals surface area contributed by atoms with Gasteiger partial charge in [0.25, 0.3) is 0 Å². The van der Waals surface area contributed by atoms with E-state index in [1.54, 1.807) is 10.4 Å². The van der Waals surface area contributed by atoms with Crippen molar-refractivity contribution in [3.8, 4) is 5.75 Å². The van der Waals surface area contributed by atoms with Crippen LogP contribution in [0.25, 0.3) is 0 Å². The Kier molecular flexibility index (Phi) is 4.49. The van der Waals surface area contributed by atoms with Crippen molar-refractivity contribution in [2.75, 3.05) is 19.4 Å². The summed E-state index contributed by atoms with van der Waals surface area (Å²) >= 11 is 0. The van der Waals surface area contributed by atoms with Gasteiger partial charge in [0.1, 0.15) is 10.6 Å². The molecule has 5 nitrogen and oxygen atoms in total. The summed E-state index contributed by atoms with van der Waals surface area (Å²) in [5.74, 6) is 0.630. The van der Waals surface area contributed by atoms with Crippen LogP contribution in [-0.2, 0) is 10.0 Å². The second kappa shape index (κ2) is 5.85. The monoisotopic (exact) mass is 312 g/mol. The topological polar surface area (TPSA) is 72.6 Å². The van der Waals surface area contributed by atoms with Crippen LogP contribution in [0.4, 0.5) is 5.69 Å². The van der Waals surface area contributed by atoms with Crippen molar-refractivity contribution in [3.63, 3.8) is 0 Å². The third kappa shape index (κ3) is 3.32. The standard InChI is InChI=1S/C15H24N2O3S/c1-10(2)9-17(12-5-6-12)21(18,19)15-8-13(16)11(3)7-14(15)20-4/h7-8,10,12H,5-6,9,16H2,1-4H3. The Morgan fingerprint density at radius 2 is 2.00 bits per heavy atom. The lowest BCUT2D eigenvalue weighted by Crippen LogP contribution is -2.36. The Balaban J connectivity index is 2.49. The van der Waals surface area contributed by atoms with Gasteiger partial charge in [-0.25, -0.2) is 8.42 Å². The summed E-state index contributed by atoms with van der Waals surface area (Å²) in [6.45, 7) is 6.39. The molecule has 1 aliphatic carbocycles. The molecule has 1 aromatic carbocycles. The fraction of sp³-hybridized carbons (Fsp3) is 0.600. The molecule has 6 heteroatoms. The molecular weight excluding hydrogens is 288 g/mol. The lowest BCUT2D eigenvalue weighted by Gasteiger charge is -2.25. The van der Waals surface area contributed by atoms with Crippen LogP contribution in [0.3, 0.4) is 0 Å². The van der Waals surface area contributed by atoms with Gasteiger partial charge in [-0.15, -0.1) is 0 Å². The minimum atomic E-state index is -3.59. The first-order valence-corrected chi connectivity index (χ1v) is 8.67. The van der Waals surface area contributed by atoms with Crippen molar-refractivity contribution in [2.24, 2.45) is 5.92 Å². The Morgan fingerprint density at radius 3 is 2.48 bits per heavy atom. The Labute approximate surface area is 127 Å². The predicted molar refractivity (Wildman–Crippen MR) is 83.9 cm³/mol. The Hall–Kier alpha value is -1.27. The highest BCUT2D eigenvalue weighted by Crippen LogP contribution is 2.37. The summed E-state index contributed by atoms with van der Waals surface area (Å²) in [6.07, 6.45) is 1.85. The quantitative estimate of drug-likeness (QED) is 0.819. The predicted octanol–water partition coefficient (Wildman–Crippen LogP) is 2.39. The van der Waals surface area contributed by atoms with E-state index in [9.17, 15) is 8.42 Å². The van der Waals surface area contributed by atoms with Crippen molar-refractivity contribution >= 4 is 15.7 Å². The lowest BCUT2D eigenvalue weighted by molar-refractivity contribution is 0.354. The SMILES string of the molecule is COc1cc(C)c(N)cc1S(=O)(=O)N(CC(C)C)C1CC1. The Bertz CT molecular complexity index is 622. The third-order valence-electron chi connectivity index (χ3n) is 3.64. The molecule has 1 fully saturated rings. The first-order chi connectivity index (χ1) is 9.77. The molecule has 1 aliphatic rings. The molecule has 21 heavy (non-hydrogen) atoms. The summed E-state index contributed by atoms with van der Waals surface area (Å²) in [6, 6.07) is 3.31. The summed E-state index contributed by atoms with van der Waals surface area (Å²) in [5, 5.41) is 0. The number of nitrogen functional groups attached to an aromatic ring is 1. The van der Waals surface area contributed by atoms with E-state index < -0.39 is 10.0 Å². The van der Waals surface area contributed by atoms with Gasteiger partial charge in [0.2, 0.25) is 10.0 Å².